The van der Waals surface area contributed by atoms with Gasteiger partial charge in [0.25, 0.3) is 5.91 Å². The van der Waals surface area contributed by atoms with Gasteiger partial charge in [-0.05, 0) is 25.1 Å². The highest BCUT2D eigenvalue weighted by Crippen LogP contribution is 2.39. The highest BCUT2D eigenvalue weighted by molar-refractivity contribution is 7.17. The van der Waals surface area contributed by atoms with Crippen LogP contribution in [0.4, 0.5) is 5.82 Å². The molecule has 1 aromatic carbocycles. The minimum Gasteiger partial charge on any atom is -0.484 e. The van der Waals surface area contributed by atoms with Gasteiger partial charge in [0, 0.05) is 16.7 Å². The number of benzene rings is 1. The smallest absolute Gasteiger partial charge is 0.262 e. The quantitative estimate of drug-likeness (QED) is 0.503. The van der Waals surface area contributed by atoms with Crippen LogP contribution in [0.3, 0.4) is 0 Å². The highest BCUT2D eigenvalue weighted by atomic mass is 35.5. The number of anilines is 1. The lowest BCUT2D eigenvalue weighted by atomic mass is 10.1. The molecule has 28 heavy (non-hydrogen) atoms. The first kappa shape index (κ1) is 18.3. The third-order valence-electron chi connectivity index (χ3n) is 4.38. The largest absolute Gasteiger partial charge is 0.484 e. The maximum atomic E-state index is 12.0. The van der Waals surface area contributed by atoms with E-state index in [2.05, 4.69) is 4.98 Å². The lowest BCUT2D eigenvalue weighted by molar-refractivity contribution is 0.0998. The first-order valence-electron chi connectivity index (χ1n) is 8.52. The van der Waals surface area contributed by atoms with Crippen molar-refractivity contribution >= 4 is 40.3 Å². The Morgan fingerprint density at radius 2 is 2.04 bits per heavy atom. The molecule has 3 aromatic heterocycles. The standard InChI is InChI=1S/C20H17ClN4O2S/c1-11(12-5-2-3-6-13(12)21)27-15-9-16(28-19(15)20(23)26)14-10-24-18-8-4-7-17(22)25(14)18/h2-11H,22H2,1H3,(H2,23,26). The summed E-state index contributed by atoms with van der Waals surface area (Å²) < 4.78 is 7.88. The molecule has 0 aliphatic heterocycles. The van der Waals surface area contributed by atoms with Crippen LogP contribution in [0.15, 0.2) is 54.7 Å². The number of halogens is 1. The van der Waals surface area contributed by atoms with Crippen LogP contribution in [0.5, 0.6) is 5.75 Å². The van der Waals surface area contributed by atoms with Crippen molar-refractivity contribution in [3.05, 3.63) is 70.2 Å². The second kappa shape index (κ2) is 7.18. The molecule has 0 spiro atoms. The zero-order valence-electron chi connectivity index (χ0n) is 14.9. The van der Waals surface area contributed by atoms with Gasteiger partial charge in [-0.15, -0.1) is 11.3 Å². The fourth-order valence-electron chi connectivity index (χ4n) is 3.05. The van der Waals surface area contributed by atoms with E-state index in [1.807, 2.05) is 41.7 Å². The monoisotopic (exact) mass is 412 g/mol. The van der Waals surface area contributed by atoms with Crippen LogP contribution in [0, 0.1) is 0 Å². The fraction of sp³-hybridized carbons (Fsp3) is 0.100. The molecule has 1 amide bonds. The molecule has 0 saturated carbocycles. The first-order chi connectivity index (χ1) is 13.5. The Kier molecular flexibility index (Phi) is 4.70. The number of carbonyl (C=O) groups is 1. The molecular formula is C20H17ClN4O2S. The predicted octanol–water partition coefficient (Wildman–Crippen LogP) is 4.54. The van der Waals surface area contributed by atoms with Crippen molar-refractivity contribution in [2.75, 3.05) is 5.73 Å². The SMILES string of the molecule is CC(Oc1cc(-c2cnc3cccc(N)n23)sc1C(N)=O)c1ccccc1Cl. The molecule has 4 N–H and O–H groups in total. The van der Waals surface area contributed by atoms with Crippen LogP contribution in [-0.4, -0.2) is 15.3 Å². The van der Waals surface area contributed by atoms with Crippen LogP contribution in [-0.2, 0) is 0 Å². The molecular weight excluding hydrogens is 396 g/mol. The van der Waals surface area contributed by atoms with Crippen molar-refractivity contribution in [3.8, 4) is 16.3 Å². The maximum absolute atomic E-state index is 12.0. The Morgan fingerprint density at radius 1 is 1.25 bits per heavy atom. The minimum atomic E-state index is -0.556. The van der Waals surface area contributed by atoms with Gasteiger partial charge >= 0.3 is 0 Å². The van der Waals surface area contributed by atoms with Crippen molar-refractivity contribution in [2.45, 2.75) is 13.0 Å². The number of nitrogens with two attached hydrogens (primary N) is 2. The molecule has 0 radical (unpaired) electrons. The highest BCUT2D eigenvalue weighted by Gasteiger charge is 2.21. The zero-order valence-corrected chi connectivity index (χ0v) is 16.5. The van der Waals surface area contributed by atoms with Crippen molar-refractivity contribution in [2.24, 2.45) is 5.73 Å². The summed E-state index contributed by atoms with van der Waals surface area (Å²) in [5.74, 6) is 0.398. The number of ether oxygens (including phenoxy) is 1. The number of nitrogens with zero attached hydrogens (tertiary/aromatic N) is 2. The molecule has 142 valence electrons. The zero-order chi connectivity index (χ0) is 19.8. The number of carbonyl (C=O) groups excluding carboxylic acids is 1. The van der Waals surface area contributed by atoms with E-state index in [1.165, 1.54) is 11.3 Å². The van der Waals surface area contributed by atoms with Gasteiger partial charge in [-0.25, -0.2) is 4.98 Å². The Hall–Kier alpha value is -3.03. The van der Waals surface area contributed by atoms with Gasteiger partial charge < -0.3 is 16.2 Å². The average molecular weight is 413 g/mol. The summed E-state index contributed by atoms with van der Waals surface area (Å²) in [6, 6.07) is 14.7. The molecule has 4 aromatic rings. The molecule has 1 unspecified atom stereocenters. The molecule has 0 bridgehead atoms. The Balaban J connectivity index is 1.76. The first-order valence-corrected chi connectivity index (χ1v) is 9.72. The summed E-state index contributed by atoms with van der Waals surface area (Å²) in [5.41, 5.74) is 14.0. The summed E-state index contributed by atoms with van der Waals surface area (Å²) in [7, 11) is 0. The Morgan fingerprint density at radius 3 is 2.79 bits per heavy atom. The number of nitrogen functional groups attached to an aromatic ring is 1. The van der Waals surface area contributed by atoms with E-state index in [4.69, 9.17) is 27.8 Å². The van der Waals surface area contributed by atoms with Gasteiger partial charge in [-0.1, -0.05) is 35.9 Å². The molecule has 0 saturated heterocycles. The van der Waals surface area contributed by atoms with Crippen molar-refractivity contribution < 1.29 is 9.53 Å². The molecule has 0 aliphatic carbocycles. The van der Waals surface area contributed by atoms with Gasteiger partial charge in [0.2, 0.25) is 0 Å². The number of rotatable bonds is 5. The van der Waals surface area contributed by atoms with Crippen molar-refractivity contribution in [1.82, 2.24) is 9.38 Å². The van der Waals surface area contributed by atoms with Gasteiger partial charge in [-0.2, -0.15) is 0 Å². The third-order valence-corrected chi connectivity index (χ3v) is 5.88. The minimum absolute atomic E-state index is 0.332. The summed E-state index contributed by atoms with van der Waals surface area (Å²) in [5, 5.41) is 0.598. The normalized spacial score (nSPS) is 12.2. The Labute approximate surface area is 170 Å². The maximum Gasteiger partial charge on any atom is 0.262 e. The van der Waals surface area contributed by atoms with E-state index in [9.17, 15) is 4.79 Å². The third kappa shape index (κ3) is 3.19. The fourth-order valence-corrected chi connectivity index (χ4v) is 4.29. The van der Waals surface area contributed by atoms with Gasteiger partial charge in [0.1, 0.15) is 28.2 Å². The lowest BCUT2D eigenvalue weighted by Gasteiger charge is -2.16. The molecule has 0 fully saturated rings. The Bertz CT molecular complexity index is 1180. The van der Waals surface area contributed by atoms with Crippen LogP contribution >= 0.6 is 22.9 Å². The number of fused-ring (bicyclic) bond motifs is 1. The van der Waals surface area contributed by atoms with Crippen LogP contribution in [0.2, 0.25) is 5.02 Å². The van der Waals surface area contributed by atoms with E-state index < -0.39 is 5.91 Å². The number of primary amides is 1. The second-order valence-electron chi connectivity index (χ2n) is 6.24. The number of pyridine rings is 1. The van der Waals surface area contributed by atoms with Crippen LogP contribution in [0.1, 0.15) is 28.3 Å². The summed E-state index contributed by atoms with van der Waals surface area (Å²) in [6.45, 7) is 1.87. The van der Waals surface area contributed by atoms with E-state index in [0.717, 1.165) is 21.8 Å². The van der Waals surface area contributed by atoms with E-state index in [0.29, 0.717) is 21.5 Å². The van der Waals surface area contributed by atoms with E-state index in [-0.39, 0.29) is 6.10 Å². The average Bonchev–Trinajstić information content (AvgIpc) is 3.27. The van der Waals surface area contributed by atoms with E-state index >= 15 is 0 Å². The summed E-state index contributed by atoms with van der Waals surface area (Å²) in [4.78, 5) is 17.5. The number of amides is 1. The number of hydrogen-bond donors (Lipinski definition) is 2. The number of hydrogen-bond acceptors (Lipinski definition) is 5. The van der Waals surface area contributed by atoms with Gasteiger partial charge in [0.05, 0.1) is 16.8 Å². The summed E-state index contributed by atoms with van der Waals surface area (Å²) >= 11 is 7.50. The van der Waals surface area contributed by atoms with Crippen molar-refractivity contribution in [3.63, 3.8) is 0 Å². The molecule has 0 aliphatic rings. The van der Waals surface area contributed by atoms with Gasteiger partial charge in [0.15, 0.2) is 0 Å². The van der Waals surface area contributed by atoms with E-state index in [1.54, 1.807) is 24.4 Å². The molecule has 4 rings (SSSR count). The van der Waals surface area contributed by atoms with Crippen molar-refractivity contribution in [1.29, 1.82) is 0 Å². The number of imidazole rings is 1. The topological polar surface area (TPSA) is 95.6 Å². The molecule has 8 heteroatoms. The summed E-state index contributed by atoms with van der Waals surface area (Å²) in [6.07, 6.45) is 1.35. The van der Waals surface area contributed by atoms with Gasteiger partial charge in [-0.3, -0.25) is 9.20 Å². The molecule has 1 atom stereocenters. The molecule has 6 nitrogen and oxygen atoms in total. The molecule has 3 heterocycles. The van der Waals surface area contributed by atoms with Crippen LogP contribution < -0.4 is 16.2 Å². The second-order valence-corrected chi connectivity index (χ2v) is 7.70. The number of thiophene rings is 1. The predicted molar refractivity (Wildman–Crippen MR) is 112 cm³/mol. The number of aromatic nitrogens is 2. The lowest BCUT2D eigenvalue weighted by Crippen LogP contribution is -2.12. The van der Waals surface area contributed by atoms with Crippen LogP contribution in [0.25, 0.3) is 16.2 Å².